The molecule has 2 N–H and O–H groups in total. The number of hydrogen-bond donors (Lipinski definition) is 2. The molecule has 0 fully saturated rings. The summed E-state index contributed by atoms with van der Waals surface area (Å²) < 4.78 is 4.76. The van der Waals surface area contributed by atoms with Gasteiger partial charge in [0, 0.05) is 0 Å². The van der Waals surface area contributed by atoms with Crippen LogP contribution in [0.1, 0.15) is 27.2 Å². The fourth-order valence-corrected chi connectivity index (χ4v) is 0.451. The van der Waals surface area contributed by atoms with Gasteiger partial charge in [0.1, 0.15) is 0 Å². The highest BCUT2D eigenvalue weighted by Gasteiger charge is 2.09. The summed E-state index contributed by atoms with van der Waals surface area (Å²) in [4.78, 5) is 10.8. The van der Waals surface area contributed by atoms with Gasteiger partial charge in [-0.2, -0.15) is 0 Å². The SMILES string of the molecule is CCOC(=O)C(C)CC.OCCO. The molecule has 0 aromatic heterocycles. The normalized spacial score (nSPS) is 11.2. The van der Waals surface area contributed by atoms with Crippen molar-refractivity contribution in [3.05, 3.63) is 0 Å². The number of aliphatic hydroxyl groups excluding tert-OH is 2. The lowest BCUT2D eigenvalue weighted by atomic mass is 10.1. The van der Waals surface area contributed by atoms with Crippen molar-refractivity contribution in [2.24, 2.45) is 5.92 Å². The highest BCUT2D eigenvalue weighted by atomic mass is 16.5. The van der Waals surface area contributed by atoms with Gasteiger partial charge >= 0.3 is 5.97 Å². The zero-order valence-electron chi connectivity index (χ0n) is 8.62. The Balaban J connectivity index is 0. The van der Waals surface area contributed by atoms with Crippen LogP contribution in [0.5, 0.6) is 0 Å². The predicted molar refractivity (Wildman–Crippen MR) is 50.3 cm³/mol. The molecule has 0 aliphatic rings. The van der Waals surface area contributed by atoms with E-state index in [0.717, 1.165) is 6.42 Å². The molecule has 1 atom stereocenters. The predicted octanol–water partition coefficient (Wildman–Crippen LogP) is 0.567. The topological polar surface area (TPSA) is 66.8 Å². The molecule has 0 aliphatic heterocycles. The Morgan fingerprint density at radius 2 is 1.77 bits per heavy atom. The minimum atomic E-state index is -0.125. The van der Waals surface area contributed by atoms with Crippen molar-refractivity contribution in [1.82, 2.24) is 0 Å². The molecule has 0 saturated carbocycles. The lowest BCUT2D eigenvalue weighted by molar-refractivity contribution is -0.147. The van der Waals surface area contributed by atoms with Crippen molar-refractivity contribution in [3.63, 3.8) is 0 Å². The van der Waals surface area contributed by atoms with Crippen LogP contribution < -0.4 is 0 Å². The largest absolute Gasteiger partial charge is 0.466 e. The second-order valence-corrected chi connectivity index (χ2v) is 2.51. The maximum atomic E-state index is 10.8. The highest BCUT2D eigenvalue weighted by Crippen LogP contribution is 2.01. The first-order chi connectivity index (χ1) is 6.13. The molecular formula is C9H20O4. The van der Waals surface area contributed by atoms with E-state index in [9.17, 15) is 4.79 Å². The van der Waals surface area contributed by atoms with E-state index in [2.05, 4.69) is 0 Å². The molecule has 4 nitrogen and oxygen atoms in total. The molecule has 0 heterocycles. The number of hydrogen-bond acceptors (Lipinski definition) is 4. The average Bonchev–Trinajstić information content (AvgIpc) is 2.17. The lowest BCUT2D eigenvalue weighted by Gasteiger charge is -2.05. The molecule has 0 aromatic rings. The fraction of sp³-hybridized carbons (Fsp3) is 0.889. The van der Waals surface area contributed by atoms with Gasteiger partial charge < -0.3 is 14.9 Å². The number of carbonyl (C=O) groups is 1. The first-order valence-electron chi connectivity index (χ1n) is 4.52. The Kier molecular flexibility index (Phi) is 13.0. The van der Waals surface area contributed by atoms with Crippen LogP contribution in [-0.2, 0) is 9.53 Å². The van der Waals surface area contributed by atoms with E-state index in [1.165, 1.54) is 0 Å². The number of rotatable bonds is 4. The fourth-order valence-electron chi connectivity index (χ4n) is 0.451. The summed E-state index contributed by atoms with van der Waals surface area (Å²) in [5.74, 6) is -0.0232. The maximum Gasteiger partial charge on any atom is 0.308 e. The summed E-state index contributed by atoms with van der Waals surface area (Å²) in [5, 5.41) is 15.2. The van der Waals surface area contributed by atoms with Crippen LogP contribution >= 0.6 is 0 Å². The van der Waals surface area contributed by atoms with Gasteiger partial charge in [-0.15, -0.1) is 0 Å². The molecule has 0 aliphatic carbocycles. The monoisotopic (exact) mass is 192 g/mol. The van der Waals surface area contributed by atoms with Crippen LogP contribution in [0, 0.1) is 5.92 Å². The zero-order valence-corrected chi connectivity index (χ0v) is 8.62. The molecule has 0 spiro atoms. The van der Waals surface area contributed by atoms with Crippen molar-refractivity contribution in [2.45, 2.75) is 27.2 Å². The van der Waals surface area contributed by atoms with Gasteiger partial charge in [-0.05, 0) is 13.3 Å². The smallest absolute Gasteiger partial charge is 0.308 e. The summed E-state index contributed by atoms with van der Waals surface area (Å²) in [6.45, 7) is 5.91. The van der Waals surface area contributed by atoms with E-state index in [-0.39, 0.29) is 25.1 Å². The van der Waals surface area contributed by atoms with E-state index in [0.29, 0.717) is 6.61 Å². The molecule has 0 rings (SSSR count). The number of carbonyl (C=O) groups excluding carboxylic acids is 1. The van der Waals surface area contributed by atoms with Crippen LogP contribution in [0.2, 0.25) is 0 Å². The van der Waals surface area contributed by atoms with Crippen LogP contribution in [0.25, 0.3) is 0 Å². The first-order valence-corrected chi connectivity index (χ1v) is 4.52. The van der Waals surface area contributed by atoms with Gasteiger partial charge in [-0.1, -0.05) is 13.8 Å². The van der Waals surface area contributed by atoms with Crippen molar-refractivity contribution >= 4 is 5.97 Å². The highest BCUT2D eigenvalue weighted by molar-refractivity contribution is 5.71. The molecular weight excluding hydrogens is 172 g/mol. The van der Waals surface area contributed by atoms with Gasteiger partial charge in [0.2, 0.25) is 0 Å². The average molecular weight is 192 g/mol. The van der Waals surface area contributed by atoms with E-state index < -0.39 is 0 Å². The minimum Gasteiger partial charge on any atom is -0.466 e. The lowest BCUT2D eigenvalue weighted by Crippen LogP contribution is -2.13. The summed E-state index contributed by atoms with van der Waals surface area (Å²) in [6.07, 6.45) is 0.860. The third-order valence-electron chi connectivity index (χ3n) is 1.40. The van der Waals surface area contributed by atoms with Gasteiger partial charge in [0.25, 0.3) is 0 Å². The second kappa shape index (κ2) is 11.4. The third-order valence-corrected chi connectivity index (χ3v) is 1.40. The molecule has 4 heteroatoms. The summed E-state index contributed by atoms with van der Waals surface area (Å²) >= 11 is 0. The molecule has 80 valence electrons. The van der Waals surface area contributed by atoms with Crippen molar-refractivity contribution < 1.29 is 19.7 Å². The van der Waals surface area contributed by atoms with E-state index in [4.69, 9.17) is 14.9 Å². The quantitative estimate of drug-likeness (QED) is 0.639. The molecule has 1 unspecified atom stereocenters. The van der Waals surface area contributed by atoms with Gasteiger partial charge in [0.05, 0.1) is 25.7 Å². The minimum absolute atomic E-state index is 0.0601. The Labute approximate surface area is 79.5 Å². The Morgan fingerprint density at radius 3 is 2.00 bits per heavy atom. The van der Waals surface area contributed by atoms with Crippen molar-refractivity contribution in [3.8, 4) is 0 Å². The van der Waals surface area contributed by atoms with Crippen LogP contribution in [0.4, 0.5) is 0 Å². The Hall–Kier alpha value is -0.610. The maximum absolute atomic E-state index is 10.8. The molecule has 13 heavy (non-hydrogen) atoms. The van der Waals surface area contributed by atoms with Crippen LogP contribution in [0.3, 0.4) is 0 Å². The Morgan fingerprint density at radius 1 is 1.31 bits per heavy atom. The van der Waals surface area contributed by atoms with E-state index in [1.54, 1.807) is 0 Å². The summed E-state index contributed by atoms with van der Waals surface area (Å²) in [6, 6.07) is 0. The van der Waals surface area contributed by atoms with Crippen molar-refractivity contribution in [1.29, 1.82) is 0 Å². The third kappa shape index (κ3) is 11.4. The van der Waals surface area contributed by atoms with E-state index in [1.807, 2.05) is 20.8 Å². The Bertz CT molecular complexity index is 112. The molecule has 0 amide bonds. The van der Waals surface area contributed by atoms with Crippen LogP contribution in [-0.4, -0.2) is 36.0 Å². The standard InChI is InChI=1S/C7H14O2.C2H6O2/c1-4-6(3)7(8)9-5-2;3-1-2-4/h6H,4-5H2,1-3H3;3-4H,1-2H2. The molecule has 0 aromatic carbocycles. The van der Waals surface area contributed by atoms with E-state index >= 15 is 0 Å². The number of esters is 1. The zero-order chi connectivity index (χ0) is 10.7. The van der Waals surface area contributed by atoms with Crippen LogP contribution in [0.15, 0.2) is 0 Å². The van der Waals surface area contributed by atoms with Gasteiger partial charge in [-0.25, -0.2) is 0 Å². The van der Waals surface area contributed by atoms with Crippen molar-refractivity contribution in [2.75, 3.05) is 19.8 Å². The molecule has 0 radical (unpaired) electrons. The number of ether oxygens (including phenoxy) is 1. The van der Waals surface area contributed by atoms with Gasteiger partial charge in [0.15, 0.2) is 0 Å². The molecule has 0 saturated heterocycles. The van der Waals surface area contributed by atoms with Gasteiger partial charge in [-0.3, -0.25) is 4.79 Å². The number of aliphatic hydroxyl groups is 2. The first kappa shape index (κ1) is 14.9. The summed E-state index contributed by atoms with van der Waals surface area (Å²) in [5.41, 5.74) is 0. The summed E-state index contributed by atoms with van der Waals surface area (Å²) in [7, 11) is 0. The second-order valence-electron chi connectivity index (χ2n) is 2.51. The molecule has 0 bridgehead atoms.